The van der Waals surface area contributed by atoms with E-state index in [1.54, 1.807) is 7.11 Å². The molecule has 1 unspecified atom stereocenters. The Balaban J connectivity index is 2.05. The monoisotopic (exact) mass is 261 g/mol. The van der Waals surface area contributed by atoms with Gasteiger partial charge in [-0.05, 0) is 50.4 Å². The van der Waals surface area contributed by atoms with Gasteiger partial charge < -0.3 is 14.8 Å². The van der Waals surface area contributed by atoms with E-state index in [9.17, 15) is 0 Å². The molecule has 1 aromatic carbocycles. The Kier molecular flexibility index (Phi) is 3.27. The molecule has 2 heterocycles. The average Bonchev–Trinajstić information content (AvgIpc) is 2.86. The second kappa shape index (κ2) is 4.80. The Labute approximate surface area is 115 Å². The molecule has 1 N–H and O–H groups in total. The first-order valence-corrected chi connectivity index (χ1v) is 7.14. The van der Waals surface area contributed by atoms with E-state index in [-0.39, 0.29) is 5.41 Å². The molecule has 0 radical (unpaired) electrons. The van der Waals surface area contributed by atoms with Crippen LogP contribution in [-0.2, 0) is 10.2 Å². The molecular formula is C16H23NO2. The van der Waals surface area contributed by atoms with Gasteiger partial charge in [0.1, 0.15) is 5.75 Å². The van der Waals surface area contributed by atoms with Crippen molar-refractivity contribution in [2.75, 3.05) is 26.9 Å². The van der Waals surface area contributed by atoms with E-state index in [0.717, 1.165) is 25.5 Å². The van der Waals surface area contributed by atoms with Gasteiger partial charge in [-0.2, -0.15) is 0 Å². The zero-order valence-corrected chi connectivity index (χ0v) is 12.1. The van der Waals surface area contributed by atoms with E-state index in [4.69, 9.17) is 9.47 Å². The van der Waals surface area contributed by atoms with Crippen molar-refractivity contribution in [1.29, 1.82) is 0 Å². The van der Waals surface area contributed by atoms with Crippen LogP contribution in [0.3, 0.4) is 0 Å². The van der Waals surface area contributed by atoms with Crippen LogP contribution in [0.2, 0.25) is 0 Å². The van der Waals surface area contributed by atoms with Crippen molar-refractivity contribution in [1.82, 2.24) is 5.32 Å². The molecule has 1 aromatic rings. The Bertz CT molecular complexity index is 474. The fourth-order valence-corrected chi connectivity index (χ4v) is 3.37. The maximum absolute atomic E-state index is 5.64. The number of nitrogens with one attached hydrogen (secondary N) is 1. The second-order valence-corrected chi connectivity index (χ2v) is 5.93. The van der Waals surface area contributed by atoms with Crippen LogP contribution in [-0.4, -0.2) is 32.9 Å². The quantitative estimate of drug-likeness (QED) is 0.906. The minimum atomic E-state index is 0.111. The fraction of sp³-hybridized carbons (Fsp3) is 0.625. The first-order valence-electron chi connectivity index (χ1n) is 7.14. The number of hydrogen-bond acceptors (Lipinski definition) is 3. The third-order valence-electron chi connectivity index (χ3n) is 4.80. The standard InChI is InChI=1S/C16H23NO2/c1-11-7-13(14(18-3)8-12(11)2)16(9-19-10-16)15-5-4-6-17-15/h7-8,15,17H,4-6,9-10H2,1-3H3. The highest BCUT2D eigenvalue weighted by Crippen LogP contribution is 2.43. The Morgan fingerprint density at radius 2 is 2.00 bits per heavy atom. The molecule has 0 bridgehead atoms. The minimum absolute atomic E-state index is 0.111. The number of aryl methyl sites for hydroxylation is 2. The molecule has 104 valence electrons. The molecule has 0 amide bonds. The third kappa shape index (κ3) is 1.96. The van der Waals surface area contributed by atoms with Gasteiger partial charge in [0.05, 0.1) is 25.7 Å². The number of hydrogen-bond donors (Lipinski definition) is 1. The Hall–Kier alpha value is -1.06. The third-order valence-corrected chi connectivity index (χ3v) is 4.80. The number of ether oxygens (including phenoxy) is 2. The molecule has 2 aliphatic heterocycles. The maximum atomic E-state index is 5.64. The van der Waals surface area contributed by atoms with Gasteiger partial charge in [-0.25, -0.2) is 0 Å². The van der Waals surface area contributed by atoms with Gasteiger partial charge in [-0.1, -0.05) is 6.07 Å². The van der Waals surface area contributed by atoms with Crippen molar-refractivity contribution >= 4 is 0 Å². The highest BCUT2D eigenvalue weighted by molar-refractivity contribution is 5.48. The van der Waals surface area contributed by atoms with Crippen LogP contribution >= 0.6 is 0 Å². The van der Waals surface area contributed by atoms with Gasteiger partial charge in [0.25, 0.3) is 0 Å². The van der Waals surface area contributed by atoms with Crippen molar-refractivity contribution < 1.29 is 9.47 Å². The van der Waals surface area contributed by atoms with Crippen LogP contribution in [0.25, 0.3) is 0 Å². The molecule has 2 fully saturated rings. The summed E-state index contributed by atoms with van der Waals surface area (Å²) in [7, 11) is 1.77. The van der Waals surface area contributed by atoms with Gasteiger partial charge in [-0.3, -0.25) is 0 Å². The predicted octanol–water partition coefficient (Wildman–Crippen LogP) is 2.33. The first-order chi connectivity index (χ1) is 9.17. The van der Waals surface area contributed by atoms with Crippen LogP contribution in [0.1, 0.15) is 29.5 Å². The van der Waals surface area contributed by atoms with Gasteiger partial charge >= 0.3 is 0 Å². The van der Waals surface area contributed by atoms with E-state index in [1.165, 1.54) is 29.5 Å². The van der Waals surface area contributed by atoms with Gasteiger partial charge in [-0.15, -0.1) is 0 Å². The molecule has 3 heteroatoms. The summed E-state index contributed by atoms with van der Waals surface area (Å²) >= 11 is 0. The van der Waals surface area contributed by atoms with Crippen LogP contribution in [0.5, 0.6) is 5.75 Å². The molecule has 19 heavy (non-hydrogen) atoms. The summed E-state index contributed by atoms with van der Waals surface area (Å²) in [6.07, 6.45) is 2.50. The average molecular weight is 261 g/mol. The minimum Gasteiger partial charge on any atom is -0.496 e. The molecule has 2 saturated heterocycles. The van der Waals surface area contributed by atoms with Crippen molar-refractivity contribution in [3.05, 3.63) is 28.8 Å². The molecule has 0 saturated carbocycles. The van der Waals surface area contributed by atoms with Gasteiger partial charge in [0, 0.05) is 11.6 Å². The second-order valence-electron chi connectivity index (χ2n) is 5.93. The summed E-state index contributed by atoms with van der Waals surface area (Å²) in [6, 6.07) is 4.99. The summed E-state index contributed by atoms with van der Waals surface area (Å²) in [5.74, 6) is 1.01. The van der Waals surface area contributed by atoms with Crippen LogP contribution < -0.4 is 10.1 Å². The number of methoxy groups -OCH3 is 1. The molecule has 3 rings (SSSR count). The summed E-state index contributed by atoms with van der Waals surface area (Å²) < 4.78 is 11.2. The Morgan fingerprint density at radius 3 is 2.53 bits per heavy atom. The topological polar surface area (TPSA) is 30.5 Å². The zero-order chi connectivity index (χ0) is 13.5. The zero-order valence-electron chi connectivity index (χ0n) is 12.1. The van der Waals surface area contributed by atoms with E-state index >= 15 is 0 Å². The summed E-state index contributed by atoms with van der Waals surface area (Å²) in [6.45, 7) is 7.06. The Morgan fingerprint density at radius 1 is 1.26 bits per heavy atom. The molecule has 0 spiro atoms. The lowest BCUT2D eigenvalue weighted by molar-refractivity contribution is -0.0769. The van der Waals surface area contributed by atoms with E-state index < -0.39 is 0 Å². The van der Waals surface area contributed by atoms with Crippen molar-refractivity contribution in [2.24, 2.45) is 0 Å². The molecular weight excluding hydrogens is 238 g/mol. The van der Waals surface area contributed by atoms with Crippen LogP contribution in [0.4, 0.5) is 0 Å². The van der Waals surface area contributed by atoms with Crippen LogP contribution in [0.15, 0.2) is 12.1 Å². The van der Waals surface area contributed by atoms with Gasteiger partial charge in [0.15, 0.2) is 0 Å². The molecule has 1 atom stereocenters. The number of rotatable bonds is 3. The van der Waals surface area contributed by atoms with Crippen molar-refractivity contribution in [3.63, 3.8) is 0 Å². The smallest absolute Gasteiger partial charge is 0.123 e. The summed E-state index contributed by atoms with van der Waals surface area (Å²) in [5.41, 5.74) is 4.06. The molecule has 0 aromatic heterocycles. The van der Waals surface area contributed by atoms with E-state index in [2.05, 4.69) is 31.3 Å². The van der Waals surface area contributed by atoms with E-state index in [1.807, 2.05) is 0 Å². The lowest BCUT2D eigenvalue weighted by Gasteiger charge is -2.47. The highest BCUT2D eigenvalue weighted by atomic mass is 16.5. The van der Waals surface area contributed by atoms with Gasteiger partial charge in [0.2, 0.25) is 0 Å². The summed E-state index contributed by atoms with van der Waals surface area (Å²) in [5, 5.41) is 3.65. The normalized spacial score (nSPS) is 25.1. The number of benzene rings is 1. The molecule has 0 aliphatic carbocycles. The highest BCUT2D eigenvalue weighted by Gasteiger charge is 2.49. The predicted molar refractivity (Wildman–Crippen MR) is 76.0 cm³/mol. The van der Waals surface area contributed by atoms with Crippen LogP contribution in [0, 0.1) is 13.8 Å². The fourth-order valence-electron chi connectivity index (χ4n) is 3.37. The van der Waals surface area contributed by atoms with Crippen molar-refractivity contribution in [3.8, 4) is 5.75 Å². The lowest BCUT2D eigenvalue weighted by Crippen LogP contribution is -2.58. The first kappa shape index (κ1) is 12.9. The molecule has 3 nitrogen and oxygen atoms in total. The van der Waals surface area contributed by atoms with Crippen molar-refractivity contribution in [2.45, 2.75) is 38.1 Å². The summed E-state index contributed by atoms with van der Waals surface area (Å²) in [4.78, 5) is 0. The maximum Gasteiger partial charge on any atom is 0.123 e. The lowest BCUT2D eigenvalue weighted by atomic mass is 9.71. The van der Waals surface area contributed by atoms with E-state index in [0.29, 0.717) is 6.04 Å². The largest absolute Gasteiger partial charge is 0.496 e. The molecule has 2 aliphatic rings. The SMILES string of the molecule is COc1cc(C)c(C)cc1C1(C2CCCN2)COC1.